The molecular weight excluding hydrogens is 242 g/mol. The van der Waals surface area contributed by atoms with E-state index < -0.39 is 5.69 Å². The van der Waals surface area contributed by atoms with Gasteiger partial charge in [-0.25, -0.2) is 4.79 Å². The molecule has 98 valence electrons. The fourth-order valence-corrected chi connectivity index (χ4v) is 2.45. The van der Waals surface area contributed by atoms with Gasteiger partial charge in [0, 0.05) is 25.4 Å². The molecule has 0 aliphatic carbocycles. The average Bonchev–Trinajstić information content (AvgIpc) is 2.38. The molecule has 0 unspecified atom stereocenters. The zero-order valence-corrected chi connectivity index (χ0v) is 10.7. The lowest BCUT2D eigenvalue weighted by molar-refractivity contribution is 0.313. The van der Waals surface area contributed by atoms with E-state index in [-0.39, 0.29) is 5.56 Å². The highest BCUT2D eigenvalue weighted by Crippen LogP contribution is 2.20. The van der Waals surface area contributed by atoms with E-state index in [4.69, 9.17) is 0 Å². The number of hydrogen-bond donors (Lipinski definition) is 1. The van der Waals surface area contributed by atoms with E-state index >= 15 is 0 Å². The highest BCUT2D eigenvalue weighted by atomic mass is 16.2. The first-order chi connectivity index (χ1) is 9.13. The maximum absolute atomic E-state index is 11.8. The Balaban J connectivity index is 2.07. The van der Waals surface area contributed by atoms with E-state index in [9.17, 15) is 9.59 Å². The minimum absolute atomic E-state index is 0.374. The lowest BCUT2D eigenvalue weighted by Gasteiger charge is -2.25. The first kappa shape index (κ1) is 11.9. The van der Waals surface area contributed by atoms with Crippen molar-refractivity contribution in [3.8, 4) is 5.69 Å². The van der Waals surface area contributed by atoms with E-state index in [0.717, 1.165) is 25.2 Å². The molecule has 1 aromatic heterocycles. The Morgan fingerprint density at radius 1 is 1.16 bits per heavy atom. The highest BCUT2D eigenvalue weighted by Gasteiger charge is 2.13. The van der Waals surface area contributed by atoms with Gasteiger partial charge in [-0.15, -0.1) is 0 Å². The Morgan fingerprint density at radius 3 is 2.79 bits per heavy atom. The Morgan fingerprint density at radius 2 is 2.00 bits per heavy atom. The van der Waals surface area contributed by atoms with Crippen molar-refractivity contribution < 1.29 is 0 Å². The van der Waals surface area contributed by atoms with Gasteiger partial charge in [-0.2, -0.15) is 0 Å². The molecule has 1 N–H and O–H groups in total. The molecule has 1 aromatic carbocycles. The summed E-state index contributed by atoms with van der Waals surface area (Å²) in [5.74, 6) is 0. The molecule has 0 spiro atoms. The van der Waals surface area contributed by atoms with Crippen LogP contribution in [0.15, 0.2) is 40.1 Å². The van der Waals surface area contributed by atoms with Crippen LogP contribution in [-0.2, 0) is 13.0 Å². The van der Waals surface area contributed by atoms with Gasteiger partial charge < -0.3 is 4.90 Å². The number of likely N-dealkylation sites (N-methyl/N-ethyl adjacent to an activating group) is 1. The van der Waals surface area contributed by atoms with Crippen molar-refractivity contribution >= 4 is 0 Å². The number of hydrogen-bond acceptors (Lipinski definition) is 3. The minimum atomic E-state index is -0.402. The fraction of sp³-hybridized carbons (Fsp3) is 0.286. The molecule has 3 rings (SSSR count). The van der Waals surface area contributed by atoms with E-state index in [1.54, 1.807) is 0 Å². The first-order valence-electron chi connectivity index (χ1n) is 6.26. The lowest BCUT2D eigenvalue weighted by Crippen LogP contribution is -2.29. The second-order valence-electron chi connectivity index (χ2n) is 4.92. The topological polar surface area (TPSA) is 58.1 Å². The van der Waals surface area contributed by atoms with Gasteiger partial charge in [0.05, 0.1) is 5.69 Å². The number of aromatic nitrogens is 2. The molecule has 2 aromatic rings. The summed E-state index contributed by atoms with van der Waals surface area (Å²) in [6, 6.07) is 7.35. The third-order valence-corrected chi connectivity index (χ3v) is 3.50. The smallest absolute Gasteiger partial charge is 0.302 e. The molecule has 1 aliphatic rings. The van der Waals surface area contributed by atoms with Crippen LogP contribution >= 0.6 is 0 Å². The predicted octanol–water partition coefficient (Wildman–Crippen LogP) is 0.514. The second kappa shape index (κ2) is 4.51. The first-order valence-corrected chi connectivity index (χ1v) is 6.26. The largest absolute Gasteiger partial charge is 0.332 e. The van der Waals surface area contributed by atoms with E-state index in [0.29, 0.717) is 0 Å². The summed E-state index contributed by atoms with van der Waals surface area (Å²) in [4.78, 5) is 27.4. The van der Waals surface area contributed by atoms with Gasteiger partial charge in [0.15, 0.2) is 0 Å². The zero-order valence-electron chi connectivity index (χ0n) is 10.7. The van der Waals surface area contributed by atoms with Crippen molar-refractivity contribution in [1.82, 2.24) is 14.5 Å². The Labute approximate surface area is 110 Å². The van der Waals surface area contributed by atoms with Crippen LogP contribution in [0.2, 0.25) is 0 Å². The van der Waals surface area contributed by atoms with Gasteiger partial charge in [-0.05, 0) is 36.7 Å². The van der Waals surface area contributed by atoms with Gasteiger partial charge in [0.1, 0.15) is 0 Å². The molecule has 5 heteroatoms. The van der Waals surface area contributed by atoms with Crippen LogP contribution in [-0.4, -0.2) is 28.0 Å². The summed E-state index contributed by atoms with van der Waals surface area (Å²) in [5.41, 5.74) is 2.59. The third kappa shape index (κ3) is 2.24. The number of fused-ring (bicyclic) bond motifs is 1. The van der Waals surface area contributed by atoms with Crippen molar-refractivity contribution in [1.29, 1.82) is 0 Å². The predicted molar refractivity (Wildman–Crippen MR) is 72.7 cm³/mol. The van der Waals surface area contributed by atoms with Crippen LogP contribution < -0.4 is 11.2 Å². The van der Waals surface area contributed by atoms with Crippen LogP contribution in [0.4, 0.5) is 0 Å². The number of benzene rings is 1. The molecule has 19 heavy (non-hydrogen) atoms. The molecule has 1 aliphatic heterocycles. The minimum Gasteiger partial charge on any atom is -0.302 e. The van der Waals surface area contributed by atoms with Gasteiger partial charge >= 0.3 is 5.69 Å². The normalized spacial score (nSPS) is 15.2. The SMILES string of the molecule is CN1CCc2cc(-n3ccc(=O)[nH]c3=O)ccc2C1. The van der Waals surface area contributed by atoms with Gasteiger partial charge in [0.2, 0.25) is 0 Å². The van der Waals surface area contributed by atoms with Crippen LogP contribution in [0.1, 0.15) is 11.1 Å². The maximum atomic E-state index is 11.8. The summed E-state index contributed by atoms with van der Waals surface area (Å²) in [6.07, 6.45) is 2.50. The van der Waals surface area contributed by atoms with E-state index in [1.807, 2.05) is 12.1 Å². The Hall–Kier alpha value is -2.14. The Bertz CT molecular complexity index is 730. The summed E-state index contributed by atoms with van der Waals surface area (Å²) in [5, 5.41) is 0. The van der Waals surface area contributed by atoms with Crippen molar-refractivity contribution in [2.24, 2.45) is 0 Å². The summed E-state index contributed by atoms with van der Waals surface area (Å²) in [7, 11) is 2.10. The number of aromatic amines is 1. The number of nitrogens with one attached hydrogen (secondary N) is 1. The highest BCUT2D eigenvalue weighted by molar-refractivity contribution is 5.41. The standard InChI is InChI=1S/C14H15N3O2/c1-16-6-4-10-8-12(3-2-11(10)9-16)17-7-5-13(18)15-14(17)19/h2-3,5,7-8H,4,6,9H2,1H3,(H,15,18,19). The van der Waals surface area contributed by atoms with Crippen LogP contribution in [0.5, 0.6) is 0 Å². The quantitative estimate of drug-likeness (QED) is 0.810. The van der Waals surface area contributed by atoms with Gasteiger partial charge in [-0.1, -0.05) is 6.07 Å². The number of rotatable bonds is 1. The van der Waals surface area contributed by atoms with Crippen molar-refractivity contribution in [2.45, 2.75) is 13.0 Å². The van der Waals surface area contributed by atoms with Gasteiger partial charge in [0.25, 0.3) is 5.56 Å². The number of H-pyrrole nitrogens is 1. The molecule has 0 saturated heterocycles. The van der Waals surface area contributed by atoms with Crippen LogP contribution in [0, 0.1) is 0 Å². The van der Waals surface area contributed by atoms with Crippen molar-refractivity contribution in [2.75, 3.05) is 13.6 Å². The summed E-state index contributed by atoms with van der Waals surface area (Å²) in [6.45, 7) is 1.97. The monoisotopic (exact) mass is 257 g/mol. The maximum Gasteiger partial charge on any atom is 0.332 e. The summed E-state index contributed by atoms with van der Waals surface area (Å²) < 4.78 is 1.46. The lowest BCUT2D eigenvalue weighted by atomic mass is 9.99. The van der Waals surface area contributed by atoms with Crippen molar-refractivity contribution in [3.05, 3.63) is 62.4 Å². The second-order valence-corrected chi connectivity index (χ2v) is 4.92. The fourth-order valence-electron chi connectivity index (χ4n) is 2.45. The number of nitrogens with zero attached hydrogens (tertiary/aromatic N) is 2. The van der Waals surface area contributed by atoms with E-state index in [1.165, 1.54) is 28.0 Å². The van der Waals surface area contributed by atoms with Crippen molar-refractivity contribution in [3.63, 3.8) is 0 Å². The summed E-state index contributed by atoms with van der Waals surface area (Å²) >= 11 is 0. The molecule has 0 atom stereocenters. The van der Waals surface area contributed by atoms with E-state index in [2.05, 4.69) is 23.0 Å². The molecule has 0 saturated carbocycles. The molecule has 0 radical (unpaired) electrons. The van der Waals surface area contributed by atoms with Crippen LogP contribution in [0.25, 0.3) is 5.69 Å². The molecule has 0 bridgehead atoms. The zero-order chi connectivity index (χ0) is 13.4. The third-order valence-electron chi connectivity index (χ3n) is 3.50. The van der Waals surface area contributed by atoms with Gasteiger partial charge in [-0.3, -0.25) is 14.3 Å². The molecule has 0 amide bonds. The molecule has 0 fully saturated rings. The van der Waals surface area contributed by atoms with Crippen LogP contribution in [0.3, 0.4) is 0 Å². The molecule has 2 heterocycles. The molecule has 5 nitrogen and oxygen atoms in total. The molecular formula is C14H15N3O2. The Kier molecular flexibility index (Phi) is 2.83. The average molecular weight is 257 g/mol.